The van der Waals surface area contributed by atoms with Crippen molar-refractivity contribution in [3.8, 4) is 0 Å². The molecule has 3 aromatic rings. The number of aromatic nitrogens is 1. The van der Waals surface area contributed by atoms with Crippen molar-refractivity contribution in [3.63, 3.8) is 0 Å². The minimum Gasteiger partial charge on any atom is -0.361 e. The highest BCUT2D eigenvalue weighted by Crippen LogP contribution is 2.30. The summed E-state index contributed by atoms with van der Waals surface area (Å²) >= 11 is 0. The summed E-state index contributed by atoms with van der Waals surface area (Å²) in [6, 6.07) is 16.3. The fourth-order valence-electron chi connectivity index (χ4n) is 2.97. The third-order valence-electron chi connectivity index (χ3n) is 4.26. The third kappa shape index (κ3) is 2.38. The van der Waals surface area contributed by atoms with Crippen LogP contribution < -0.4 is 10.9 Å². The molecule has 2 aromatic carbocycles. The van der Waals surface area contributed by atoms with Crippen molar-refractivity contribution in [1.82, 2.24) is 15.8 Å². The molecule has 114 valence electrons. The largest absolute Gasteiger partial charge is 0.361 e. The molecule has 0 bridgehead atoms. The molecule has 0 saturated heterocycles. The first-order valence-corrected chi connectivity index (χ1v) is 7.63. The van der Waals surface area contributed by atoms with E-state index in [1.165, 1.54) is 5.56 Å². The topological polar surface area (TPSA) is 56.9 Å². The van der Waals surface area contributed by atoms with E-state index in [9.17, 15) is 4.79 Å². The molecule has 0 aliphatic carbocycles. The summed E-state index contributed by atoms with van der Waals surface area (Å²) in [6.07, 6.45) is 3.91. The van der Waals surface area contributed by atoms with Crippen LogP contribution in [0.3, 0.4) is 0 Å². The summed E-state index contributed by atoms with van der Waals surface area (Å²) in [5.74, 6) is -0.366. The monoisotopic (exact) mass is 303 g/mol. The molecule has 1 aromatic heterocycles. The quantitative estimate of drug-likeness (QED) is 0.681. The zero-order valence-electron chi connectivity index (χ0n) is 12.8. The van der Waals surface area contributed by atoms with Crippen molar-refractivity contribution in [2.24, 2.45) is 0 Å². The number of benzene rings is 2. The highest BCUT2D eigenvalue weighted by atomic mass is 16.2. The predicted molar refractivity (Wildman–Crippen MR) is 91.5 cm³/mol. The Morgan fingerprint density at radius 3 is 2.57 bits per heavy atom. The molecule has 1 aliphatic heterocycles. The van der Waals surface area contributed by atoms with Gasteiger partial charge in [0.2, 0.25) is 5.91 Å². The van der Waals surface area contributed by atoms with Gasteiger partial charge in [-0.1, -0.05) is 48.0 Å². The number of amides is 1. The minimum atomic E-state index is -0.316. The van der Waals surface area contributed by atoms with Crippen molar-refractivity contribution in [2.75, 3.05) is 0 Å². The first-order valence-electron chi connectivity index (χ1n) is 7.63. The minimum absolute atomic E-state index is 0.0504. The molecule has 0 saturated carbocycles. The number of carbonyl (C=O) groups is 1. The van der Waals surface area contributed by atoms with Gasteiger partial charge in [-0.3, -0.25) is 15.6 Å². The number of rotatable bonds is 2. The number of hydrazine groups is 1. The lowest BCUT2D eigenvalue weighted by molar-refractivity contribution is -0.122. The molecular formula is C19H17N3O. The fourth-order valence-corrected chi connectivity index (χ4v) is 2.97. The van der Waals surface area contributed by atoms with Gasteiger partial charge in [0.1, 0.15) is 0 Å². The van der Waals surface area contributed by atoms with E-state index in [1.807, 2.05) is 36.5 Å². The smallest absolute Gasteiger partial charge is 0.249 e. The molecule has 0 radical (unpaired) electrons. The molecule has 4 nitrogen and oxygen atoms in total. The van der Waals surface area contributed by atoms with Crippen molar-refractivity contribution >= 4 is 22.5 Å². The Bertz CT molecular complexity index is 906. The van der Waals surface area contributed by atoms with E-state index < -0.39 is 0 Å². The van der Waals surface area contributed by atoms with Gasteiger partial charge < -0.3 is 4.98 Å². The second kappa shape index (κ2) is 5.32. The fraction of sp³-hybridized carbons (Fsp3) is 0.105. The summed E-state index contributed by atoms with van der Waals surface area (Å²) in [5.41, 5.74) is 11.0. The van der Waals surface area contributed by atoms with Gasteiger partial charge >= 0.3 is 0 Å². The van der Waals surface area contributed by atoms with Crippen molar-refractivity contribution in [1.29, 1.82) is 0 Å². The number of carbonyl (C=O) groups excluding carboxylic acids is 1. The second-order valence-electron chi connectivity index (χ2n) is 5.83. The Morgan fingerprint density at radius 2 is 1.74 bits per heavy atom. The van der Waals surface area contributed by atoms with Crippen LogP contribution in [0.25, 0.3) is 16.6 Å². The van der Waals surface area contributed by atoms with Gasteiger partial charge in [0, 0.05) is 17.1 Å². The van der Waals surface area contributed by atoms with E-state index in [0.717, 1.165) is 27.7 Å². The molecule has 1 unspecified atom stereocenters. The molecule has 0 fully saturated rings. The number of aromatic amines is 1. The van der Waals surface area contributed by atoms with E-state index in [1.54, 1.807) is 0 Å². The zero-order valence-corrected chi connectivity index (χ0v) is 12.8. The lowest BCUT2D eigenvalue weighted by Gasteiger charge is -2.23. The molecule has 1 atom stereocenters. The van der Waals surface area contributed by atoms with Crippen molar-refractivity contribution in [3.05, 3.63) is 77.5 Å². The van der Waals surface area contributed by atoms with Crippen LogP contribution in [0.2, 0.25) is 0 Å². The highest BCUT2D eigenvalue weighted by Gasteiger charge is 2.26. The Balaban J connectivity index is 1.78. The molecule has 23 heavy (non-hydrogen) atoms. The van der Waals surface area contributed by atoms with Gasteiger partial charge in [0.05, 0.1) is 11.6 Å². The van der Waals surface area contributed by atoms with E-state index in [-0.39, 0.29) is 11.8 Å². The van der Waals surface area contributed by atoms with Crippen molar-refractivity contribution < 1.29 is 4.79 Å². The molecule has 2 heterocycles. The van der Waals surface area contributed by atoms with Crippen LogP contribution in [0.5, 0.6) is 0 Å². The Labute approximate surface area is 134 Å². The number of H-pyrrole nitrogens is 1. The van der Waals surface area contributed by atoms with Gasteiger partial charge in [-0.25, -0.2) is 0 Å². The Kier molecular flexibility index (Phi) is 3.15. The maximum absolute atomic E-state index is 12.3. The van der Waals surface area contributed by atoms with Gasteiger partial charge in [-0.05, 0) is 30.2 Å². The highest BCUT2D eigenvalue weighted by molar-refractivity contribution is 5.96. The van der Waals surface area contributed by atoms with E-state index >= 15 is 0 Å². The van der Waals surface area contributed by atoms with Crippen LogP contribution in [-0.4, -0.2) is 10.9 Å². The maximum Gasteiger partial charge on any atom is 0.249 e. The second-order valence-corrected chi connectivity index (χ2v) is 5.83. The van der Waals surface area contributed by atoms with Crippen LogP contribution in [0.1, 0.15) is 22.6 Å². The lowest BCUT2D eigenvalue weighted by atomic mass is 9.94. The summed E-state index contributed by atoms with van der Waals surface area (Å²) in [6.45, 7) is 2.06. The summed E-state index contributed by atoms with van der Waals surface area (Å²) in [7, 11) is 0. The summed E-state index contributed by atoms with van der Waals surface area (Å²) in [4.78, 5) is 15.6. The number of hydrogen-bond acceptors (Lipinski definition) is 2. The van der Waals surface area contributed by atoms with Crippen LogP contribution in [0.15, 0.2) is 60.8 Å². The van der Waals surface area contributed by atoms with Crippen LogP contribution >= 0.6 is 0 Å². The average Bonchev–Trinajstić information content (AvgIpc) is 3.00. The zero-order chi connectivity index (χ0) is 15.8. The summed E-state index contributed by atoms with van der Waals surface area (Å²) in [5, 5.41) is 1.08. The van der Waals surface area contributed by atoms with Crippen LogP contribution in [0, 0.1) is 6.92 Å². The molecule has 1 aliphatic rings. The number of hydrogen-bond donors (Lipinski definition) is 3. The third-order valence-corrected chi connectivity index (χ3v) is 4.26. The van der Waals surface area contributed by atoms with E-state index in [4.69, 9.17) is 0 Å². The Morgan fingerprint density at radius 1 is 0.957 bits per heavy atom. The van der Waals surface area contributed by atoms with Crippen LogP contribution in [-0.2, 0) is 4.79 Å². The predicted octanol–water partition coefficient (Wildman–Crippen LogP) is 3.24. The molecule has 4 rings (SSSR count). The van der Waals surface area contributed by atoms with E-state index in [0.29, 0.717) is 0 Å². The molecule has 4 heteroatoms. The SMILES string of the molecule is Cc1ccc(C2=CC(c3c[nH]c4ccccc34)C(=O)NN2)cc1. The van der Waals surface area contributed by atoms with Gasteiger partial charge in [0.15, 0.2) is 0 Å². The number of fused-ring (bicyclic) bond motifs is 1. The molecule has 0 spiro atoms. The van der Waals surface area contributed by atoms with Gasteiger partial charge in [-0.2, -0.15) is 0 Å². The van der Waals surface area contributed by atoms with Crippen molar-refractivity contribution in [2.45, 2.75) is 12.8 Å². The first-order chi connectivity index (χ1) is 11.2. The number of nitrogens with one attached hydrogen (secondary N) is 3. The lowest BCUT2D eigenvalue weighted by Crippen LogP contribution is -2.42. The van der Waals surface area contributed by atoms with E-state index in [2.05, 4.69) is 47.0 Å². The molecule has 3 N–H and O–H groups in total. The number of para-hydroxylation sites is 1. The van der Waals surface area contributed by atoms with Gasteiger partial charge in [0.25, 0.3) is 0 Å². The summed E-state index contributed by atoms with van der Waals surface area (Å²) < 4.78 is 0. The average molecular weight is 303 g/mol. The standard InChI is InChI=1S/C19H17N3O/c1-12-6-8-13(9-7-12)18-10-15(19(23)22-21-18)16-11-20-17-5-3-2-4-14(16)17/h2-11,15,20-21H,1H3,(H,22,23). The number of aryl methyl sites for hydroxylation is 1. The first kappa shape index (κ1) is 13.6. The van der Waals surface area contributed by atoms with Gasteiger partial charge in [-0.15, -0.1) is 0 Å². The van der Waals surface area contributed by atoms with Crippen LogP contribution in [0.4, 0.5) is 0 Å². The molecule has 1 amide bonds. The maximum atomic E-state index is 12.3. The normalized spacial score (nSPS) is 17.5. The molecular weight excluding hydrogens is 286 g/mol. The Hall–Kier alpha value is -3.01.